The molecule has 0 bridgehead atoms. The molecule has 2 aromatic carbocycles. The van der Waals surface area contributed by atoms with Gasteiger partial charge in [-0.2, -0.15) is 0 Å². The Labute approximate surface area is 114 Å². The third kappa shape index (κ3) is 2.23. The summed E-state index contributed by atoms with van der Waals surface area (Å²) in [6.45, 7) is 2.33. The number of hydrogen-bond donors (Lipinski definition) is 1. The standard InChI is InChI=1S/C16H16BNO/c1-12-5-7-13(8-6-12)14-3-2-4-16-15(14)9-10-17(16)19-11-18/h2-10H,11,18H2,1H3. The fourth-order valence-electron chi connectivity index (χ4n) is 2.54. The van der Waals surface area contributed by atoms with Gasteiger partial charge in [-0.3, -0.25) is 0 Å². The summed E-state index contributed by atoms with van der Waals surface area (Å²) in [5.74, 6) is 2.06. The topological polar surface area (TPSA) is 35.2 Å². The Morgan fingerprint density at radius 3 is 2.63 bits per heavy atom. The first kappa shape index (κ1) is 12.2. The van der Waals surface area contributed by atoms with Crippen LogP contribution in [0.3, 0.4) is 0 Å². The van der Waals surface area contributed by atoms with Crippen LogP contribution in [0.25, 0.3) is 17.2 Å². The molecule has 0 amide bonds. The van der Waals surface area contributed by atoms with E-state index in [4.69, 9.17) is 10.4 Å². The molecule has 1 aliphatic heterocycles. The Morgan fingerprint density at radius 2 is 1.89 bits per heavy atom. The van der Waals surface area contributed by atoms with Crippen molar-refractivity contribution in [1.29, 1.82) is 0 Å². The van der Waals surface area contributed by atoms with Gasteiger partial charge in [-0.25, -0.2) is 0 Å². The van der Waals surface area contributed by atoms with Crippen LogP contribution in [-0.4, -0.2) is 13.6 Å². The summed E-state index contributed by atoms with van der Waals surface area (Å²) in [6.07, 6.45) is 2.13. The fourth-order valence-corrected chi connectivity index (χ4v) is 2.54. The maximum atomic E-state index is 5.53. The Bertz CT molecular complexity index is 619. The van der Waals surface area contributed by atoms with Crippen molar-refractivity contribution < 1.29 is 4.65 Å². The zero-order valence-electron chi connectivity index (χ0n) is 11.0. The maximum Gasteiger partial charge on any atom is 0.355 e. The third-order valence-electron chi connectivity index (χ3n) is 3.52. The van der Waals surface area contributed by atoms with Gasteiger partial charge in [0.1, 0.15) is 0 Å². The minimum absolute atomic E-state index is 0.00889. The van der Waals surface area contributed by atoms with Crippen molar-refractivity contribution in [3.63, 3.8) is 0 Å². The van der Waals surface area contributed by atoms with Crippen LogP contribution in [0.2, 0.25) is 0 Å². The molecule has 1 heterocycles. The molecular weight excluding hydrogens is 233 g/mol. The second kappa shape index (κ2) is 5.04. The van der Waals surface area contributed by atoms with Crippen molar-refractivity contribution in [1.82, 2.24) is 0 Å². The number of benzene rings is 2. The molecule has 0 saturated carbocycles. The van der Waals surface area contributed by atoms with Crippen LogP contribution in [0.5, 0.6) is 0 Å². The Balaban J connectivity index is 2.05. The van der Waals surface area contributed by atoms with Gasteiger partial charge in [-0.15, -0.1) is 0 Å². The van der Waals surface area contributed by atoms with Crippen molar-refractivity contribution in [2.75, 3.05) is 6.73 Å². The smallest absolute Gasteiger partial charge is 0.355 e. The zero-order chi connectivity index (χ0) is 13.2. The summed E-state index contributed by atoms with van der Waals surface area (Å²) in [5.41, 5.74) is 11.7. The summed E-state index contributed by atoms with van der Waals surface area (Å²) in [5, 5.41) is 0. The van der Waals surface area contributed by atoms with Crippen molar-refractivity contribution in [3.8, 4) is 11.1 Å². The zero-order valence-corrected chi connectivity index (χ0v) is 11.0. The molecule has 2 nitrogen and oxygen atoms in total. The van der Waals surface area contributed by atoms with E-state index < -0.39 is 0 Å². The van der Waals surface area contributed by atoms with E-state index in [2.05, 4.69) is 61.4 Å². The first-order valence-electron chi connectivity index (χ1n) is 6.49. The monoisotopic (exact) mass is 249 g/mol. The van der Waals surface area contributed by atoms with Gasteiger partial charge >= 0.3 is 6.92 Å². The van der Waals surface area contributed by atoms with Gasteiger partial charge in [0.25, 0.3) is 0 Å². The number of fused-ring (bicyclic) bond motifs is 1. The number of rotatable bonds is 3. The van der Waals surface area contributed by atoms with E-state index in [1.807, 2.05) is 0 Å². The fraction of sp³-hybridized carbons (Fsp3) is 0.125. The first-order chi connectivity index (χ1) is 9.29. The molecule has 94 valence electrons. The Kier molecular flexibility index (Phi) is 3.24. The largest absolute Gasteiger partial charge is 0.415 e. The summed E-state index contributed by atoms with van der Waals surface area (Å²) in [6, 6.07) is 14.9. The van der Waals surface area contributed by atoms with Crippen molar-refractivity contribution in [3.05, 3.63) is 59.6 Å². The summed E-state index contributed by atoms with van der Waals surface area (Å²) in [7, 11) is 0. The summed E-state index contributed by atoms with van der Waals surface area (Å²) >= 11 is 0. The molecule has 0 saturated heterocycles. The lowest BCUT2D eigenvalue weighted by Crippen LogP contribution is -2.32. The first-order valence-corrected chi connectivity index (χ1v) is 6.49. The molecule has 0 spiro atoms. The summed E-state index contributed by atoms with van der Waals surface area (Å²) in [4.78, 5) is 0. The molecule has 0 aromatic heterocycles. The van der Waals surface area contributed by atoms with Gasteiger partial charge in [0.2, 0.25) is 0 Å². The minimum atomic E-state index is -0.00889. The van der Waals surface area contributed by atoms with Gasteiger partial charge in [0.15, 0.2) is 0 Å². The van der Waals surface area contributed by atoms with Gasteiger partial charge in [-0.1, -0.05) is 60.1 Å². The van der Waals surface area contributed by atoms with E-state index in [0.717, 1.165) is 0 Å². The molecule has 2 aromatic rings. The Hall–Kier alpha value is -1.84. The van der Waals surface area contributed by atoms with Crippen LogP contribution in [0, 0.1) is 6.92 Å². The second-order valence-corrected chi connectivity index (χ2v) is 4.79. The van der Waals surface area contributed by atoms with Crippen molar-refractivity contribution >= 4 is 18.5 Å². The van der Waals surface area contributed by atoms with Crippen LogP contribution in [0.1, 0.15) is 11.1 Å². The van der Waals surface area contributed by atoms with E-state index in [1.54, 1.807) is 0 Å². The van der Waals surface area contributed by atoms with Gasteiger partial charge < -0.3 is 10.4 Å². The Morgan fingerprint density at radius 1 is 1.11 bits per heavy atom. The van der Waals surface area contributed by atoms with Crippen LogP contribution >= 0.6 is 0 Å². The van der Waals surface area contributed by atoms with E-state index in [9.17, 15) is 0 Å². The highest BCUT2D eigenvalue weighted by Gasteiger charge is 2.24. The minimum Gasteiger partial charge on any atom is -0.415 e. The van der Waals surface area contributed by atoms with E-state index >= 15 is 0 Å². The predicted molar refractivity (Wildman–Crippen MR) is 81.2 cm³/mol. The third-order valence-corrected chi connectivity index (χ3v) is 3.52. The van der Waals surface area contributed by atoms with E-state index in [1.165, 1.54) is 27.7 Å². The van der Waals surface area contributed by atoms with Gasteiger partial charge in [0.05, 0.1) is 6.73 Å². The molecule has 0 unspecified atom stereocenters. The van der Waals surface area contributed by atoms with E-state index in [0.29, 0.717) is 0 Å². The molecule has 0 atom stereocenters. The molecule has 19 heavy (non-hydrogen) atoms. The van der Waals surface area contributed by atoms with Crippen LogP contribution in [0.15, 0.2) is 48.4 Å². The van der Waals surface area contributed by atoms with Crippen molar-refractivity contribution in [2.45, 2.75) is 6.92 Å². The SMILES string of the molecule is Cc1ccc(-c2cccc3c2C=CB3OCN)cc1. The number of aryl methyl sites for hydroxylation is 1. The second-order valence-electron chi connectivity index (χ2n) is 4.79. The average molecular weight is 249 g/mol. The quantitative estimate of drug-likeness (QED) is 0.669. The maximum absolute atomic E-state index is 5.53. The molecule has 0 aliphatic carbocycles. The highest BCUT2D eigenvalue weighted by Crippen LogP contribution is 2.26. The van der Waals surface area contributed by atoms with Crippen molar-refractivity contribution in [2.24, 2.45) is 5.73 Å². The van der Waals surface area contributed by atoms with E-state index in [-0.39, 0.29) is 13.6 Å². The molecule has 0 fully saturated rings. The lowest BCUT2D eigenvalue weighted by molar-refractivity contribution is 0.346. The normalized spacial score (nSPS) is 12.8. The lowest BCUT2D eigenvalue weighted by atomic mass is 9.63. The molecule has 0 radical (unpaired) electrons. The lowest BCUT2D eigenvalue weighted by Gasteiger charge is -2.11. The molecule has 2 N–H and O–H groups in total. The van der Waals surface area contributed by atoms with Crippen LogP contribution in [0.4, 0.5) is 0 Å². The summed E-state index contributed by atoms with van der Waals surface area (Å²) < 4.78 is 5.53. The molecule has 1 aliphatic rings. The number of nitrogens with two attached hydrogens (primary N) is 1. The van der Waals surface area contributed by atoms with Crippen LogP contribution < -0.4 is 11.2 Å². The average Bonchev–Trinajstić information content (AvgIpc) is 2.84. The highest BCUT2D eigenvalue weighted by molar-refractivity contribution is 6.75. The molecule has 3 heteroatoms. The van der Waals surface area contributed by atoms with Crippen LogP contribution in [-0.2, 0) is 4.65 Å². The molecule has 3 rings (SSSR count). The predicted octanol–water partition coefficient (Wildman–Crippen LogP) is 2.36. The van der Waals surface area contributed by atoms with Gasteiger partial charge in [-0.05, 0) is 29.1 Å². The highest BCUT2D eigenvalue weighted by atomic mass is 16.4. The van der Waals surface area contributed by atoms with Gasteiger partial charge in [0, 0.05) is 0 Å². The molecular formula is C16H16BNO. The number of hydrogen-bond acceptors (Lipinski definition) is 2.